The zero-order chi connectivity index (χ0) is 11.0. The number of anilines is 1. The fourth-order valence-corrected chi connectivity index (χ4v) is 1.73. The minimum absolute atomic E-state index is 0.146. The molecule has 1 aliphatic rings. The maximum Gasteiger partial charge on any atom is 0.299 e. The zero-order valence-electron chi connectivity index (χ0n) is 8.36. The number of nitrogens with zero attached hydrogens (tertiary/aromatic N) is 1. The molecule has 0 aliphatic carbocycles. The molecule has 1 aliphatic heterocycles. The lowest BCUT2D eigenvalue weighted by Gasteiger charge is -2.14. The fraction of sp³-hybridized carbons (Fsp3) is 0.273. The van der Waals surface area contributed by atoms with Crippen LogP contribution in [0.2, 0.25) is 0 Å². The van der Waals surface area contributed by atoms with Crippen LogP contribution in [0.4, 0.5) is 5.69 Å². The highest BCUT2D eigenvalue weighted by Crippen LogP contribution is 2.29. The van der Waals surface area contributed by atoms with Gasteiger partial charge in [0.05, 0.1) is 17.9 Å². The Morgan fingerprint density at radius 2 is 2.07 bits per heavy atom. The molecule has 0 spiro atoms. The molecule has 4 heteroatoms. The summed E-state index contributed by atoms with van der Waals surface area (Å²) >= 11 is 0. The lowest BCUT2D eigenvalue weighted by atomic mass is 10.1. The first-order valence-electron chi connectivity index (χ1n) is 4.73. The van der Waals surface area contributed by atoms with E-state index in [4.69, 9.17) is 5.11 Å². The minimum atomic E-state index is -0.551. The molecule has 4 nitrogen and oxygen atoms in total. The maximum atomic E-state index is 11.5. The standard InChI is InChI=1S/C11H11NO3/c1-7-2-3-8-9(6-7)12(4-5-13)11(15)10(8)14/h2-3,6,13H,4-5H2,1H3. The number of β-amino-alcohol motifs (C(OH)–C–C–N with tert-alkyl or cyclic N) is 1. The highest BCUT2D eigenvalue weighted by atomic mass is 16.3. The molecule has 15 heavy (non-hydrogen) atoms. The molecule has 2 rings (SSSR count). The molecule has 1 aromatic rings. The smallest absolute Gasteiger partial charge is 0.299 e. The molecule has 78 valence electrons. The largest absolute Gasteiger partial charge is 0.395 e. The quantitative estimate of drug-likeness (QED) is 0.716. The van der Waals surface area contributed by atoms with Crippen LogP contribution in [0.25, 0.3) is 0 Å². The van der Waals surface area contributed by atoms with E-state index in [9.17, 15) is 9.59 Å². The van der Waals surface area contributed by atoms with E-state index < -0.39 is 11.7 Å². The predicted molar refractivity (Wildman–Crippen MR) is 54.9 cm³/mol. The molecular formula is C11H11NO3. The van der Waals surface area contributed by atoms with Crippen LogP contribution in [-0.2, 0) is 4.79 Å². The first-order valence-corrected chi connectivity index (χ1v) is 4.73. The number of aliphatic hydroxyl groups is 1. The number of ketones is 1. The number of amides is 1. The molecule has 0 atom stereocenters. The molecule has 1 amide bonds. The molecule has 0 radical (unpaired) electrons. The van der Waals surface area contributed by atoms with E-state index in [1.165, 1.54) is 4.90 Å². The van der Waals surface area contributed by atoms with Gasteiger partial charge in [-0.3, -0.25) is 9.59 Å². The van der Waals surface area contributed by atoms with Crippen molar-refractivity contribution < 1.29 is 14.7 Å². The van der Waals surface area contributed by atoms with E-state index in [1.54, 1.807) is 18.2 Å². The third kappa shape index (κ3) is 1.43. The Balaban J connectivity index is 2.51. The Bertz CT molecular complexity index is 439. The van der Waals surface area contributed by atoms with Gasteiger partial charge in [-0.15, -0.1) is 0 Å². The number of aliphatic hydroxyl groups excluding tert-OH is 1. The van der Waals surface area contributed by atoms with Crippen molar-refractivity contribution in [2.75, 3.05) is 18.1 Å². The highest BCUT2D eigenvalue weighted by molar-refractivity contribution is 6.52. The van der Waals surface area contributed by atoms with E-state index in [2.05, 4.69) is 0 Å². The average molecular weight is 205 g/mol. The van der Waals surface area contributed by atoms with Crippen molar-refractivity contribution in [3.63, 3.8) is 0 Å². The van der Waals surface area contributed by atoms with Gasteiger partial charge in [-0.25, -0.2) is 0 Å². The van der Waals surface area contributed by atoms with Gasteiger partial charge in [0.1, 0.15) is 0 Å². The third-order valence-electron chi connectivity index (χ3n) is 2.45. The summed E-state index contributed by atoms with van der Waals surface area (Å²) in [6.07, 6.45) is 0. The normalized spacial score (nSPS) is 14.7. The lowest BCUT2D eigenvalue weighted by molar-refractivity contribution is -0.114. The number of aryl methyl sites for hydroxylation is 1. The molecule has 1 heterocycles. The van der Waals surface area contributed by atoms with Crippen LogP contribution in [0.5, 0.6) is 0 Å². The maximum absolute atomic E-state index is 11.5. The highest BCUT2D eigenvalue weighted by Gasteiger charge is 2.35. The topological polar surface area (TPSA) is 57.6 Å². The third-order valence-corrected chi connectivity index (χ3v) is 2.45. The number of carbonyl (C=O) groups excluding carboxylic acids is 2. The Morgan fingerprint density at radius 3 is 2.73 bits per heavy atom. The summed E-state index contributed by atoms with van der Waals surface area (Å²) in [6, 6.07) is 5.24. The number of fused-ring (bicyclic) bond motifs is 1. The van der Waals surface area contributed by atoms with E-state index in [0.29, 0.717) is 11.3 Å². The summed E-state index contributed by atoms with van der Waals surface area (Å²) in [6.45, 7) is 1.91. The van der Waals surface area contributed by atoms with Crippen LogP contribution in [0, 0.1) is 6.92 Å². The van der Waals surface area contributed by atoms with Crippen molar-refractivity contribution in [1.82, 2.24) is 0 Å². The van der Waals surface area contributed by atoms with Gasteiger partial charge in [-0.2, -0.15) is 0 Å². The van der Waals surface area contributed by atoms with Gasteiger partial charge < -0.3 is 10.0 Å². The van der Waals surface area contributed by atoms with Crippen LogP contribution in [0.15, 0.2) is 18.2 Å². The minimum Gasteiger partial charge on any atom is -0.395 e. The predicted octanol–water partition coefficient (Wildman–Crippen LogP) is 0.517. The van der Waals surface area contributed by atoms with Crippen molar-refractivity contribution in [3.05, 3.63) is 29.3 Å². The van der Waals surface area contributed by atoms with Gasteiger partial charge >= 0.3 is 0 Å². The first-order chi connectivity index (χ1) is 7.15. The molecule has 0 unspecified atom stereocenters. The van der Waals surface area contributed by atoms with Gasteiger partial charge in [0.25, 0.3) is 11.7 Å². The number of benzene rings is 1. The second-order valence-corrected chi connectivity index (χ2v) is 3.53. The second-order valence-electron chi connectivity index (χ2n) is 3.53. The van der Waals surface area contributed by atoms with Crippen molar-refractivity contribution in [2.45, 2.75) is 6.92 Å². The van der Waals surface area contributed by atoms with Gasteiger partial charge in [0, 0.05) is 6.54 Å². The van der Waals surface area contributed by atoms with E-state index in [0.717, 1.165) is 5.56 Å². The Hall–Kier alpha value is -1.68. The van der Waals surface area contributed by atoms with Gasteiger partial charge in [-0.1, -0.05) is 6.07 Å². The van der Waals surface area contributed by atoms with Gasteiger partial charge in [0.15, 0.2) is 0 Å². The molecule has 1 aromatic carbocycles. The Labute approximate surface area is 87.1 Å². The van der Waals surface area contributed by atoms with E-state index in [-0.39, 0.29) is 13.2 Å². The molecule has 0 saturated heterocycles. The first kappa shape index (κ1) is 9.86. The van der Waals surface area contributed by atoms with Crippen molar-refractivity contribution in [1.29, 1.82) is 0 Å². The summed E-state index contributed by atoms with van der Waals surface area (Å²) in [5.74, 6) is -1.04. The Kier molecular flexibility index (Phi) is 2.28. The summed E-state index contributed by atoms with van der Waals surface area (Å²) in [5, 5.41) is 8.82. The molecule has 0 fully saturated rings. The van der Waals surface area contributed by atoms with Crippen molar-refractivity contribution in [2.24, 2.45) is 0 Å². The summed E-state index contributed by atoms with van der Waals surface area (Å²) in [4.78, 5) is 24.4. The van der Waals surface area contributed by atoms with Crippen LogP contribution in [0.3, 0.4) is 0 Å². The summed E-state index contributed by atoms with van der Waals surface area (Å²) in [7, 11) is 0. The van der Waals surface area contributed by atoms with Gasteiger partial charge in [-0.05, 0) is 24.6 Å². The van der Waals surface area contributed by atoms with Crippen molar-refractivity contribution in [3.8, 4) is 0 Å². The number of rotatable bonds is 2. The van der Waals surface area contributed by atoms with Crippen LogP contribution >= 0.6 is 0 Å². The number of carbonyl (C=O) groups is 2. The SMILES string of the molecule is Cc1ccc2c(c1)N(CCO)C(=O)C2=O. The second kappa shape index (κ2) is 3.47. The molecule has 1 N–H and O–H groups in total. The molecule has 0 saturated carbocycles. The van der Waals surface area contributed by atoms with Crippen molar-refractivity contribution >= 4 is 17.4 Å². The Morgan fingerprint density at radius 1 is 1.33 bits per heavy atom. The lowest BCUT2D eigenvalue weighted by Crippen LogP contribution is -2.32. The molecule has 0 aromatic heterocycles. The summed E-state index contributed by atoms with van der Waals surface area (Å²) < 4.78 is 0. The average Bonchev–Trinajstić information content (AvgIpc) is 2.44. The molecule has 0 bridgehead atoms. The zero-order valence-corrected chi connectivity index (χ0v) is 8.36. The van der Waals surface area contributed by atoms with E-state index >= 15 is 0 Å². The monoisotopic (exact) mass is 205 g/mol. The van der Waals surface area contributed by atoms with Gasteiger partial charge in [0.2, 0.25) is 0 Å². The van der Waals surface area contributed by atoms with Crippen LogP contribution in [-0.4, -0.2) is 29.9 Å². The van der Waals surface area contributed by atoms with E-state index in [1.807, 2.05) is 6.92 Å². The number of hydrogen-bond acceptors (Lipinski definition) is 3. The summed E-state index contributed by atoms with van der Waals surface area (Å²) in [5.41, 5.74) is 2.03. The van der Waals surface area contributed by atoms with Crippen LogP contribution < -0.4 is 4.90 Å². The fourth-order valence-electron chi connectivity index (χ4n) is 1.73. The molecular weight excluding hydrogens is 194 g/mol. The number of hydrogen-bond donors (Lipinski definition) is 1. The number of Topliss-reactive ketones (excluding diaryl/α,β-unsaturated/α-hetero) is 1. The van der Waals surface area contributed by atoms with Crippen LogP contribution in [0.1, 0.15) is 15.9 Å².